The number of fused-ring (bicyclic) bond motifs is 3. The summed E-state index contributed by atoms with van der Waals surface area (Å²) in [5.74, 6) is -0.367. The molecule has 0 spiro atoms. The van der Waals surface area contributed by atoms with Crippen LogP contribution in [0.3, 0.4) is 0 Å². The topological polar surface area (TPSA) is 63.5 Å². The van der Waals surface area contributed by atoms with Gasteiger partial charge in [-0.2, -0.15) is 0 Å². The number of amides is 1. The Balaban J connectivity index is 1.62. The van der Waals surface area contributed by atoms with Crippen LogP contribution in [0.4, 0.5) is 0 Å². The summed E-state index contributed by atoms with van der Waals surface area (Å²) in [6.07, 6.45) is 7.96. The highest BCUT2D eigenvalue weighted by Gasteiger charge is 2.20. The monoisotopic (exact) mass is 381 g/mol. The Kier molecular flexibility index (Phi) is 5.07. The molecule has 0 saturated heterocycles. The van der Waals surface area contributed by atoms with Crippen molar-refractivity contribution in [2.75, 3.05) is 0 Å². The average molecular weight is 382 g/mol. The second-order valence-corrected chi connectivity index (χ2v) is 8.21. The lowest BCUT2D eigenvalue weighted by Crippen LogP contribution is -2.31. The highest BCUT2D eigenvalue weighted by atomic mass is 32.1. The number of nitrogens with one attached hydrogen (secondary N) is 1. The molecule has 2 heterocycles. The van der Waals surface area contributed by atoms with Crippen molar-refractivity contribution in [2.45, 2.75) is 52.0 Å². The minimum Gasteiger partial charge on any atom is -0.348 e. The van der Waals surface area contributed by atoms with Crippen LogP contribution in [0.1, 0.15) is 57.7 Å². The zero-order valence-corrected chi connectivity index (χ0v) is 16.3. The van der Waals surface area contributed by atoms with Crippen LogP contribution in [-0.2, 0) is 19.4 Å². The average Bonchev–Trinajstić information content (AvgIpc) is 2.98. The molecule has 1 N–H and O–H groups in total. The van der Waals surface area contributed by atoms with Crippen molar-refractivity contribution in [3.05, 3.63) is 68.1 Å². The lowest BCUT2D eigenvalue weighted by Gasteiger charge is -2.10. The van der Waals surface area contributed by atoms with Crippen LogP contribution in [0.15, 0.2) is 35.3 Å². The molecule has 0 bridgehead atoms. The first-order chi connectivity index (χ1) is 13.1. The Morgan fingerprint density at radius 3 is 2.67 bits per heavy atom. The number of nitrogens with zero attached hydrogens (tertiary/aromatic N) is 2. The molecule has 4 rings (SSSR count). The van der Waals surface area contributed by atoms with Crippen molar-refractivity contribution in [1.29, 1.82) is 0 Å². The minimum atomic E-state index is -0.367. The van der Waals surface area contributed by atoms with Gasteiger partial charge in [0, 0.05) is 23.3 Å². The van der Waals surface area contributed by atoms with Gasteiger partial charge in [-0.15, -0.1) is 11.3 Å². The minimum absolute atomic E-state index is 0.113. The van der Waals surface area contributed by atoms with Crippen LogP contribution in [0, 0.1) is 6.92 Å². The third-order valence-corrected chi connectivity index (χ3v) is 6.28. The van der Waals surface area contributed by atoms with Crippen molar-refractivity contribution in [2.24, 2.45) is 0 Å². The molecule has 0 unspecified atom stereocenters. The van der Waals surface area contributed by atoms with E-state index in [1.54, 1.807) is 15.7 Å². The van der Waals surface area contributed by atoms with Gasteiger partial charge in [-0.25, -0.2) is 4.98 Å². The Morgan fingerprint density at radius 2 is 1.89 bits per heavy atom. The molecule has 0 radical (unpaired) electrons. The number of benzene rings is 1. The molecule has 2 aromatic heterocycles. The standard InChI is InChI=1S/C21H23N3O2S/c1-14-8-10-15(11-9-14)12-22-19(25)16-13-23-21-24(20(16)26)17-6-4-2-3-5-7-18(17)27-21/h8-11,13H,2-7,12H2,1H3,(H,22,25). The highest BCUT2D eigenvalue weighted by molar-refractivity contribution is 7.17. The quantitative estimate of drug-likeness (QED) is 0.753. The predicted octanol–water partition coefficient (Wildman–Crippen LogP) is 3.65. The van der Waals surface area contributed by atoms with E-state index in [9.17, 15) is 9.59 Å². The second-order valence-electron chi connectivity index (χ2n) is 7.15. The van der Waals surface area contributed by atoms with Gasteiger partial charge in [0.05, 0.1) is 0 Å². The molecule has 1 aromatic carbocycles. The van der Waals surface area contributed by atoms with Crippen molar-refractivity contribution >= 4 is 22.2 Å². The predicted molar refractivity (Wildman–Crippen MR) is 108 cm³/mol. The lowest BCUT2D eigenvalue weighted by atomic mass is 10.0. The number of carbonyl (C=O) groups is 1. The highest BCUT2D eigenvalue weighted by Crippen LogP contribution is 2.27. The Labute approximate surface area is 162 Å². The van der Waals surface area contributed by atoms with E-state index >= 15 is 0 Å². The fraction of sp³-hybridized carbons (Fsp3) is 0.381. The molecule has 1 aliphatic rings. The largest absolute Gasteiger partial charge is 0.348 e. The third kappa shape index (κ3) is 3.67. The maximum atomic E-state index is 13.0. The fourth-order valence-electron chi connectivity index (χ4n) is 3.56. The smallest absolute Gasteiger partial charge is 0.271 e. The van der Waals surface area contributed by atoms with Crippen LogP contribution in [0.25, 0.3) is 4.96 Å². The number of aromatic nitrogens is 2. The van der Waals surface area contributed by atoms with Crippen molar-refractivity contribution in [3.8, 4) is 0 Å². The Bertz CT molecular complexity index is 1030. The SMILES string of the molecule is Cc1ccc(CNC(=O)c2cnc3sc4c(n3c2=O)CCCCCC4)cc1. The number of hydrogen-bond donors (Lipinski definition) is 1. The summed E-state index contributed by atoms with van der Waals surface area (Å²) in [6, 6.07) is 7.97. The first kappa shape index (κ1) is 17.9. The van der Waals surface area contributed by atoms with Gasteiger partial charge in [0.2, 0.25) is 0 Å². The second kappa shape index (κ2) is 7.64. The number of carbonyl (C=O) groups excluding carboxylic acids is 1. The van der Waals surface area contributed by atoms with Gasteiger partial charge in [0.25, 0.3) is 11.5 Å². The summed E-state index contributed by atoms with van der Waals surface area (Å²) in [7, 11) is 0. The van der Waals surface area contributed by atoms with Crippen molar-refractivity contribution in [1.82, 2.24) is 14.7 Å². The third-order valence-electron chi connectivity index (χ3n) is 5.12. The number of thiazole rings is 1. The molecular formula is C21H23N3O2S. The fourth-order valence-corrected chi connectivity index (χ4v) is 4.73. The summed E-state index contributed by atoms with van der Waals surface area (Å²) in [5.41, 5.74) is 3.10. The number of rotatable bonds is 3. The summed E-state index contributed by atoms with van der Waals surface area (Å²) in [4.78, 5) is 32.0. The zero-order chi connectivity index (χ0) is 18.8. The first-order valence-corrected chi connectivity index (χ1v) is 10.3. The summed E-state index contributed by atoms with van der Waals surface area (Å²) < 4.78 is 1.67. The molecule has 1 amide bonds. The number of hydrogen-bond acceptors (Lipinski definition) is 4. The molecular weight excluding hydrogens is 358 g/mol. The Hall–Kier alpha value is -2.47. The van der Waals surface area contributed by atoms with Gasteiger partial charge in [0.1, 0.15) is 5.56 Å². The zero-order valence-electron chi connectivity index (χ0n) is 15.5. The van der Waals surface area contributed by atoms with E-state index in [-0.39, 0.29) is 17.0 Å². The maximum absolute atomic E-state index is 13.0. The molecule has 5 nitrogen and oxygen atoms in total. The summed E-state index contributed by atoms with van der Waals surface area (Å²) in [6.45, 7) is 2.42. The molecule has 27 heavy (non-hydrogen) atoms. The van der Waals surface area contributed by atoms with Crippen LogP contribution in [-0.4, -0.2) is 15.3 Å². The van der Waals surface area contributed by atoms with Gasteiger partial charge in [-0.3, -0.25) is 14.0 Å². The Morgan fingerprint density at radius 1 is 1.15 bits per heavy atom. The summed E-state index contributed by atoms with van der Waals surface area (Å²) >= 11 is 1.59. The van der Waals surface area contributed by atoms with Gasteiger partial charge in [0.15, 0.2) is 4.96 Å². The van der Waals surface area contributed by atoms with E-state index in [0.29, 0.717) is 11.5 Å². The molecule has 6 heteroatoms. The normalized spacial score (nSPS) is 14.4. The van der Waals surface area contributed by atoms with E-state index in [4.69, 9.17) is 0 Å². The van der Waals surface area contributed by atoms with Crippen LogP contribution in [0.5, 0.6) is 0 Å². The summed E-state index contributed by atoms with van der Waals surface area (Å²) in [5, 5.41) is 2.85. The molecule has 3 aromatic rings. The van der Waals surface area contributed by atoms with Gasteiger partial charge >= 0.3 is 0 Å². The van der Waals surface area contributed by atoms with E-state index in [0.717, 1.165) is 36.9 Å². The van der Waals surface area contributed by atoms with Crippen LogP contribution < -0.4 is 10.9 Å². The molecule has 0 aliphatic heterocycles. The van der Waals surface area contributed by atoms with E-state index in [1.807, 2.05) is 31.2 Å². The molecule has 0 fully saturated rings. The van der Waals surface area contributed by atoms with Crippen molar-refractivity contribution in [3.63, 3.8) is 0 Å². The van der Waals surface area contributed by atoms with Gasteiger partial charge in [-0.1, -0.05) is 42.7 Å². The maximum Gasteiger partial charge on any atom is 0.271 e. The molecule has 1 aliphatic carbocycles. The number of aryl methyl sites for hydroxylation is 3. The van der Waals surface area contributed by atoms with Crippen molar-refractivity contribution < 1.29 is 4.79 Å². The molecule has 0 atom stereocenters. The van der Waals surface area contributed by atoms with Gasteiger partial charge < -0.3 is 5.32 Å². The van der Waals surface area contributed by atoms with Crippen LogP contribution in [0.2, 0.25) is 0 Å². The van der Waals surface area contributed by atoms with Crippen LogP contribution >= 0.6 is 11.3 Å². The van der Waals surface area contributed by atoms with E-state index in [1.165, 1.54) is 29.5 Å². The lowest BCUT2D eigenvalue weighted by molar-refractivity contribution is 0.0949. The molecule has 0 saturated carbocycles. The first-order valence-electron chi connectivity index (χ1n) is 9.49. The molecule has 140 valence electrons. The van der Waals surface area contributed by atoms with E-state index in [2.05, 4.69) is 10.3 Å². The van der Waals surface area contributed by atoms with Gasteiger partial charge in [-0.05, 0) is 38.2 Å². The van der Waals surface area contributed by atoms with E-state index < -0.39 is 0 Å².